The first-order valence-electron chi connectivity index (χ1n) is 9.94. The van der Waals surface area contributed by atoms with E-state index in [0.717, 1.165) is 23.5 Å². The van der Waals surface area contributed by atoms with Crippen LogP contribution in [0.1, 0.15) is 53.7 Å². The summed E-state index contributed by atoms with van der Waals surface area (Å²) in [6.45, 7) is 0. The van der Waals surface area contributed by atoms with E-state index >= 15 is 0 Å². The third-order valence-electron chi connectivity index (χ3n) is 6.09. The lowest BCUT2D eigenvalue weighted by Gasteiger charge is -2.08. The molecule has 2 atom stereocenters. The molecule has 6 rings (SSSR count). The van der Waals surface area contributed by atoms with Gasteiger partial charge in [-0.05, 0) is 54.2 Å². The fourth-order valence-corrected chi connectivity index (χ4v) is 4.28. The van der Waals surface area contributed by atoms with Crippen LogP contribution < -0.4 is 11.2 Å². The van der Waals surface area contributed by atoms with Crippen molar-refractivity contribution >= 4 is 5.65 Å². The number of fused-ring (bicyclic) bond motifs is 1. The SMILES string of the molecule is O=c1[nH]cc(-c2cc([C@@H]3C[C@H]3c3ccc(C4CC4)cc3)c3nccn3n2)c(=O)[nH]1. The lowest BCUT2D eigenvalue weighted by molar-refractivity contribution is 0.905. The van der Waals surface area contributed by atoms with E-state index in [4.69, 9.17) is 0 Å². The lowest BCUT2D eigenvalue weighted by Crippen LogP contribution is -2.23. The highest BCUT2D eigenvalue weighted by Crippen LogP contribution is 2.56. The average Bonchev–Trinajstić information content (AvgIpc) is 3.64. The molecule has 3 heterocycles. The van der Waals surface area contributed by atoms with Crippen LogP contribution in [-0.4, -0.2) is 24.6 Å². The maximum Gasteiger partial charge on any atom is 0.325 e. The van der Waals surface area contributed by atoms with Crippen LogP contribution in [0, 0.1) is 0 Å². The largest absolute Gasteiger partial charge is 0.325 e. The first-order chi connectivity index (χ1) is 14.2. The second-order valence-electron chi connectivity index (χ2n) is 8.06. The third kappa shape index (κ3) is 2.81. The van der Waals surface area contributed by atoms with Gasteiger partial charge in [-0.15, -0.1) is 0 Å². The number of rotatable bonds is 4. The molecule has 2 fully saturated rings. The summed E-state index contributed by atoms with van der Waals surface area (Å²) < 4.78 is 1.71. The van der Waals surface area contributed by atoms with Gasteiger partial charge in [-0.3, -0.25) is 9.78 Å². The van der Waals surface area contributed by atoms with Crippen LogP contribution in [0.15, 0.2) is 58.5 Å². The first kappa shape index (κ1) is 16.5. The molecule has 7 heteroatoms. The minimum absolute atomic E-state index is 0.340. The Morgan fingerprint density at radius 3 is 2.59 bits per heavy atom. The Labute approximate surface area is 165 Å². The van der Waals surface area contributed by atoms with E-state index in [0.29, 0.717) is 23.1 Å². The molecule has 7 nitrogen and oxygen atoms in total. The second kappa shape index (κ2) is 6.01. The van der Waals surface area contributed by atoms with Gasteiger partial charge in [-0.25, -0.2) is 14.3 Å². The quantitative estimate of drug-likeness (QED) is 0.565. The van der Waals surface area contributed by atoms with E-state index in [9.17, 15) is 9.59 Å². The fourth-order valence-electron chi connectivity index (χ4n) is 4.28. The van der Waals surface area contributed by atoms with Crippen molar-refractivity contribution in [3.63, 3.8) is 0 Å². The van der Waals surface area contributed by atoms with Gasteiger partial charge in [0.2, 0.25) is 0 Å². The Balaban J connectivity index is 1.39. The predicted octanol–water partition coefficient (Wildman–Crippen LogP) is 2.92. The third-order valence-corrected chi connectivity index (χ3v) is 6.09. The molecule has 144 valence electrons. The van der Waals surface area contributed by atoms with E-state index in [2.05, 4.69) is 44.3 Å². The summed E-state index contributed by atoms with van der Waals surface area (Å²) in [5.41, 5.74) is 4.59. The van der Waals surface area contributed by atoms with Gasteiger partial charge in [0.25, 0.3) is 5.56 Å². The van der Waals surface area contributed by atoms with Crippen LogP contribution in [0.25, 0.3) is 16.9 Å². The van der Waals surface area contributed by atoms with Gasteiger partial charge in [0.15, 0.2) is 5.65 Å². The number of benzene rings is 1. The molecular formula is C22H19N5O2. The van der Waals surface area contributed by atoms with Crippen molar-refractivity contribution in [2.75, 3.05) is 0 Å². The molecule has 2 aliphatic rings. The fraction of sp³-hybridized carbons (Fsp3) is 0.273. The Bertz CT molecular complexity index is 1340. The summed E-state index contributed by atoms with van der Waals surface area (Å²) in [6, 6.07) is 11.0. The number of aromatic amines is 2. The maximum atomic E-state index is 12.2. The van der Waals surface area contributed by atoms with Gasteiger partial charge in [0.05, 0.1) is 11.3 Å². The minimum Gasteiger partial charge on any atom is -0.313 e. The zero-order valence-electron chi connectivity index (χ0n) is 15.6. The van der Waals surface area contributed by atoms with E-state index in [1.807, 2.05) is 6.07 Å². The molecule has 29 heavy (non-hydrogen) atoms. The van der Waals surface area contributed by atoms with Gasteiger partial charge in [0.1, 0.15) is 0 Å². The standard InChI is InChI=1S/C22H19N5O2/c28-21-18(11-24-22(29)25-21)19-10-17(20-23-7-8-27(20)26-19)16-9-15(16)14-5-3-13(4-6-14)12-1-2-12/h3-8,10-12,15-16H,1-2,9H2,(H2,24,25,28,29)/t15-,16+/m0/s1. The molecule has 3 aromatic heterocycles. The second-order valence-corrected chi connectivity index (χ2v) is 8.06. The highest BCUT2D eigenvalue weighted by molar-refractivity contribution is 5.63. The summed E-state index contributed by atoms with van der Waals surface area (Å²) in [7, 11) is 0. The Morgan fingerprint density at radius 2 is 1.83 bits per heavy atom. The molecule has 0 unspecified atom stereocenters. The molecule has 0 radical (unpaired) electrons. The molecule has 0 amide bonds. The van der Waals surface area contributed by atoms with Crippen LogP contribution in [0.5, 0.6) is 0 Å². The number of imidazole rings is 1. The topological polar surface area (TPSA) is 95.9 Å². The van der Waals surface area contributed by atoms with Crippen molar-refractivity contribution < 1.29 is 0 Å². The van der Waals surface area contributed by atoms with Crippen LogP contribution in [-0.2, 0) is 0 Å². The molecule has 2 aliphatic carbocycles. The van der Waals surface area contributed by atoms with Gasteiger partial charge >= 0.3 is 5.69 Å². The molecule has 0 spiro atoms. The molecule has 2 N–H and O–H groups in total. The average molecular weight is 385 g/mol. The molecule has 0 aliphatic heterocycles. The van der Waals surface area contributed by atoms with E-state index in [1.165, 1.54) is 30.2 Å². The van der Waals surface area contributed by atoms with Crippen molar-refractivity contribution in [1.82, 2.24) is 24.6 Å². The summed E-state index contributed by atoms with van der Waals surface area (Å²) in [5.74, 6) is 1.56. The Morgan fingerprint density at radius 1 is 1.03 bits per heavy atom. The zero-order valence-corrected chi connectivity index (χ0v) is 15.6. The summed E-state index contributed by atoms with van der Waals surface area (Å²) in [4.78, 5) is 32.9. The van der Waals surface area contributed by atoms with Crippen molar-refractivity contribution in [3.05, 3.63) is 86.5 Å². The normalized spacial score (nSPS) is 20.8. The maximum absolute atomic E-state index is 12.2. The zero-order chi connectivity index (χ0) is 19.5. The van der Waals surface area contributed by atoms with Crippen LogP contribution >= 0.6 is 0 Å². The Kier molecular flexibility index (Phi) is 3.41. The van der Waals surface area contributed by atoms with Crippen LogP contribution in [0.4, 0.5) is 0 Å². The van der Waals surface area contributed by atoms with Crippen molar-refractivity contribution in [2.24, 2.45) is 0 Å². The van der Waals surface area contributed by atoms with E-state index < -0.39 is 11.2 Å². The van der Waals surface area contributed by atoms with Gasteiger partial charge < -0.3 is 4.98 Å². The van der Waals surface area contributed by atoms with Crippen molar-refractivity contribution in [2.45, 2.75) is 37.0 Å². The summed E-state index contributed by atoms with van der Waals surface area (Å²) in [5, 5.41) is 4.51. The molecule has 1 aromatic carbocycles. The summed E-state index contributed by atoms with van der Waals surface area (Å²) >= 11 is 0. The highest BCUT2D eigenvalue weighted by Gasteiger charge is 2.41. The van der Waals surface area contributed by atoms with Gasteiger partial charge in [0, 0.05) is 24.2 Å². The van der Waals surface area contributed by atoms with Crippen molar-refractivity contribution in [3.8, 4) is 11.3 Å². The summed E-state index contributed by atoms with van der Waals surface area (Å²) in [6.07, 6.45) is 8.59. The Hall–Kier alpha value is -3.48. The number of hydrogen-bond acceptors (Lipinski definition) is 4. The van der Waals surface area contributed by atoms with Gasteiger partial charge in [-0.2, -0.15) is 5.10 Å². The number of hydrogen-bond donors (Lipinski definition) is 2. The number of nitrogens with zero attached hydrogens (tertiary/aromatic N) is 3. The number of H-pyrrole nitrogens is 2. The minimum atomic E-state index is -0.528. The molecular weight excluding hydrogens is 366 g/mol. The molecule has 0 bridgehead atoms. The lowest BCUT2D eigenvalue weighted by atomic mass is 10.0. The van der Waals surface area contributed by atoms with Crippen LogP contribution in [0.2, 0.25) is 0 Å². The predicted molar refractivity (Wildman–Crippen MR) is 108 cm³/mol. The van der Waals surface area contributed by atoms with Crippen molar-refractivity contribution in [1.29, 1.82) is 0 Å². The first-order valence-corrected chi connectivity index (χ1v) is 9.94. The van der Waals surface area contributed by atoms with Crippen LogP contribution in [0.3, 0.4) is 0 Å². The van der Waals surface area contributed by atoms with E-state index in [-0.39, 0.29) is 0 Å². The molecule has 2 saturated carbocycles. The number of aromatic nitrogens is 5. The molecule has 0 saturated heterocycles. The van der Waals surface area contributed by atoms with Gasteiger partial charge in [-0.1, -0.05) is 24.3 Å². The van der Waals surface area contributed by atoms with E-state index in [1.54, 1.807) is 16.9 Å². The number of nitrogens with one attached hydrogen (secondary N) is 2. The smallest absolute Gasteiger partial charge is 0.313 e. The monoisotopic (exact) mass is 385 g/mol. The molecule has 4 aromatic rings. The highest BCUT2D eigenvalue weighted by atomic mass is 16.2.